The van der Waals surface area contributed by atoms with Gasteiger partial charge in [-0.25, -0.2) is 4.79 Å². The van der Waals surface area contributed by atoms with Crippen LogP contribution in [-0.4, -0.2) is 19.3 Å². The van der Waals surface area contributed by atoms with E-state index in [1.807, 2.05) is 65.3 Å². The fourth-order valence-electron chi connectivity index (χ4n) is 4.39. The first kappa shape index (κ1) is 29.0. The van der Waals surface area contributed by atoms with Gasteiger partial charge >= 0.3 is 5.97 Å². The summed E-state index contributed by atoms with van der Waals surface area (Å²) in [7, 11) is 4.83. The molecule has 3 aromatic rings. The Bertz CT molecular complexity index is 1010. The molecule has 33 heavy (non-hydrogen) atoms. The number of carbonyl (C=O) groups excluding carboxylic acids is 1. The van der Waals surface area contributed by atoms with Crippen molar-refractivity contribution in [1.29, 1.82) is 0 Å². The van der Waals surface area contributed by atoms with Crippen LogP contribution in [0.5, 0.6) is 0 Å². The second-order valence-electron chi connectivity index (χ2n) is 7.11. The highest BCUT2D eigenvalue weighted by molar-refractivity contribution is 7.15. The van der Waals surface area contributed by atoms with E-state index in [9.17, 15) is 4.79 Å². The highest BCUT2D eigenvalue weighted by Gasteiger charge is 2.51. The number of aryl methyl sites for hydroxylation is 2. The van der Waals surface area contributed by atoms with E-state index in [0.717, 1.165) is 23.1 Å². The smallest absolute Gasteiger partial charge is 0.340 e. The number of rotatable bonds is 0. The maximum Gasteiger partial charge on any atom is 0.340 e. The molecule has 1 aliphatic heterocycles. The molecule has 1 spiro atoms. The highest BCUT2D eigenvalue weighted by atomic mass is 31.0. The molecule has 1 aliphatic carbocycles. The number of fused-ring (bicyclic) bond motifs is 6. The Morgan fingerprint density at radius 2 is 1.15 bits per heavy atom. The van der Waals surface area contributed by atoms with Crippen molar-refractivity contribution in [3.8, 4) is 0 Å². The second kappa shape index (κ2) is 13.6. The molecule has 2 atom stereocenters. The van der Waals surface area contributed by atoms with E-state index < -0.39 is 5.60 Å². The van der Waals surface area contributed by atoms with Gasteiger partial charge in [0.2, 0.25) is 0 Å². The lowest BCUT2D eigenvalue weighted by atomic mass is 9.70. The molecule has 0 aromatic heterocycles. The maximum absolute atomic E-state index is 12.7. The van der Waals surface area contributed by atoms with Gasteiger partial charge in [-0.05, 0) is 37.5 Å². The molecule has 0 N–H and O–H groups in total. The molecule has 5 rings (SSSR count). The standard InChI is InChI=1S/C23H18O2.2C2H6.2CH5P/c1-14-7-9-19-16(11-14)13-17-12-15(2)8-10-20(17)23(19)21-6-4-3-5-18(21)22(24)25-23;4*1-2/h3-12H,13H2,1-2H3;2*1-2H3;2*2H2,1H3. The molecule has 3 aromatic carbocycles. The van der Waals surface area contributed by atoms with Crippen LogP contribution in [0.4, 0.5) is 0 Å². The van der Waals surface area contributed by atoms with Crippen molar-refractivity contribution in [2.24, 2.45) is 0 Å². The van der Waals surface area contributed by atoms with Gasteiger partial charge in [0, 0.05) is 16.7 Å². The molecule has 0 amide bonds. The molecular formula is C29H40O2P2. The fraction of sp³-hybridized carbons (Fsp3) is 0.345. The first-order valence-electron chi connectivity index (χ1n) is 11.8. The van der Waals surface area contributed by atoms with E-state index in [4.69, 9.17) is 4.74 Å². The summed E-state index contributed by atoms with van der Waals surface area (Å²) in [6, 6.07) is 20.7. The van der Waals surface area contributed by atoms with Crippen LogP contribution in [0.1, 0.15) is 77.0 Å². The molecule has 2 unspecified atom stereocenters. The molecule has 178 valence electrons. The topological polar surface area (TPSA) is 26.3 Å². The minimum absolute atomic E-state index is 0.240. The summed E-state index contributed by atoms with van der Waals surface area (Å²) >= 11 is 0. The zero-order chi connectivity index (χ0) is 25.2. The van der Waals surface area contributed by atoms with Crippen LogP contribution in [0.15, 0.2) is 60.7 Å². The molecule has 0 saturated carbocycles. The van der Waals surface area contributed by atoms with E-state index in [0.29, 0.717) is 5.56 Å². The van der Waals surface area contributed by atoms with Gasteiger partial charge in [-0.2, -0.15) is 0 Å². The van der Waals surface area contributed by atoms with Crippen LogP contribution >= 0.6 is 18.5 Å². The lowest BCUT2D eigenvalue weighted by Crippen LogP contribution is -2.35. The van der Waals surface area contributed by atoms with E-state index in [-0.39, 0.29) is 5.97 Å². The number of carbonyl (C=O) groups is 1. The van der Waals surface area contributed by atoms with Crippen LogP contribution < -0.4 is 0 Å². The third kappa shape index (κ3) is 5.40. The summed E-state index contributed by atoms with van der Waals surface area (Å²) in [6.07, 6.45) is 0.871. The lowest BCUT2D eigenvalue weighted by Gasteiger charge is -2.37. The monoisotopic (exact) mass is 482 g/mol. The van der Waals surface area contributed by atoms with Crippen molar-refractivity contribution in [3.63, 3.8) is 0 Å². The Hall–Kier alpha value is -2.01. The Kier molecular flexibility index (Phi) is 12.0. The summed E-state index contributed by atoms with van der Waals surface area (Å²) in [6.45, 7) is 16.0. The molecule has 0 fully saturated rings. The predicted octanol–water partition coefficient (Wildman–Crippen LogP) is 7.70. The maximum atomic E-state index is 12.7. The Balaban J connectivity index is 0.000000619. The molecule has 0 radical (unpaired) electrons. The summed E-state index contributed by atoms with van der Waals surface area (Å²) in [5.74, 6) is -0.240. The highest BCUT2D eigenvalue weighted by Crippen LogP contribution is 2.52. The van der Waals surface area contributed by atoms with Crippen molar-refractivity contribution < 1.29 is 9.53 Å². The van der Waals surface area contributed by atoms with E-state index in [1.54, 1.807) is 0 Å². The zero-order valence-corrected chi connectivity index (χ0v) is 23.8. The SMILES string of the molecule is CC.CC.CP.CP.Cc1ccc2c(c1)Cc1cc(C)ccc1C21OC(=O)c2ccccc21. The fourth-order valence-corrected chi connectivity index (χ4v) is 4.39. The van der Waals surface area contributed by atoms with Gasteiger partial charge in [0.25, 0.3) is 0 Å². The van der Waals surface area contributed by atoms with Gasteiger partial charge in [-0.15, -0.1) is 18.5 Å². The largest absolute Gasteiger partial charge is 0.441 e. The third-order valence-electron chi connectivity index (χ3n) is 5.43. The summed E-state index contributed by atoms with van der Waals surface area (Å²) < 4.78 is 6.15. The van der Waals surface area contributed by atoms with Crippen LogP contribution in [0.25, 0.3) is 0 Å². The molecule has 1 heterocycles. The average molecular weight is 483 g/mol. The van der Waals surface area contributed by atoms with Gasteiger partial charge in [0.05, 0.1) is 5.56 Å². The van der Waals surface area contributed by atoms with Crippen molar-refractivity contribution in [1.82, 2.24) is 0 Å². The van der Waals surface area contributed by atoms with E-state index in [2.05, 4.69) is 68.7 Å². The second-order valence-corrected chi connectivity index (χ2v) is 7.11. The first-order valence-corrected chi connectivity index (χ1v) is 14.1. The van der Waals surface area contributed by atoms with Crippen LogP contribution in [0.2, 0.25) is 0 Å². The van der Waals surface area contributed by atoms with Gasteiger partial charge in [-0.3, -0.25) is 0 Å². The van der Waals surface area contributed by atoms with Crippen molar-refractivity contribution in [2.45, 2.75) is 53.6 Å². The Morgan fingerprint density at radius 1 is 0.697 bits per heavy atom. The van der Waals surface area contributed by atoms with Gasteiger partial charge in [0.15, 0.2) is 5.60 Å². The average Bonchev–Trinajstić information content (AvgIpc) is 3.17. The van der Waals surface area contributed by atoms with Crippen molar-refractivity contribution in [3.05, 3.63) is 105 Å². The summed E-state index contributed by atoms with van der Waals surface area (Å²) in [4.78, 5) is 12.7. The van der Waals surface area contributed by atoms with Crippen molar-refractivity contribution in [2.75, 3.05) is 13.3 Å². The molecule has 2 nitrogen and oxygen atoms in total. The number of hydrogen-bond donors (Lipinski definition) is 0. The minimum Gasteiger partial charge on any atom is -0.441 e. The number of benzene rings is 3. The van der Waals surface area contributed by atoms with Crippen LogP contribution in [-0.2, 0) is 16.8 Å². The Morgan fingerprint density at radius 3 is 1.64 bits per heavy atom. The lowest BCUT2D eigenvalue weighted by molar-refractivity contribution is 0.0241. The predicted molar refractivity (Wildman–Crippen MR) is 151 cm³/mol. The van der Waals surface area contributed by atoms with E-state index in [1.165, 1.54) is 22.3 Å². The molecule has 0 bridgehead atoms. The number of hydrogen-bond acceptors (Lipinski definition) is 2. The van der Waals surface area contributed by atoms with Gasteiger partial charge in [0.1, 0.15) is 0 Å². The molecule has 4 heteroatoms. The van der Waals surface area contributed by atoms with Crippen LogP contribution in [0, 0.1) is 13.8 Å². The first-order chi connectivity index (χ1) is 16.1. The van der Waals surface area contributed by atoms with Crippen molar-refractivity contribution >= 4 is 24.4 Å². The molecule has 0 saturated heterocycles. The van der Waals surface area contributed by atoms with E-state index >= 15 is 0 Å². The quantitative estimate of drug-likeness (QED) is 0.242. The minimum atomic E-state index is -0.821. The zero-order valence-electron chi connectivity index (χ0n) is 21.5. The third-order valence-corrected chi connectivity index (χ3v) is 5.43. The van der Waals surface area contributed by atoms with Gasteiger partial charge in [-0.1, -0.05) is 107 Å². The summed E-state index contributed by atoms with van der Waals surface area (Å²) in [5, 5.41) is 0. The molecule has 2 aliphatic rings. The normalized spacial score (nSPS) is 13.0. The number of esters is 1. The summed E-state index contributed by atoms with van der Waals surface area (Å²) in [5.41, 5.74) is 7.91. The van der Waals surface area contributed by atoms with Crippen LogP contribution in [0.3, 0.4) is 0 Å². The number of ether oxygens (including phenoxy) is 1. The Labute approximate surface area is 206 Å². The van der Waals surface area contributed by atoms with Gasteiger partial charge < -0.3 is 4.74 Å². The molecular weight excluding hydrogens is 442 g/mol.